The monoisotopic (exact) mass is 716 g/mol. The lowest BCUT2D eigenvalue weighted by molar-refractivity contribution is 0.258. The van der Waals surface area contributed by atoms with Crippen molar-refractivity contribution in [1.29, 1.82) is 0 Å². The molecular weight excluding hydrogens is 661 g/mol. The summed E-state index contributed by atoms with van der Waals surface area (Å²) >= 11 is 0. The highest BCUT2D eigenvalue weighted by molar-refractivity contribution is 5.76. The van der Waals surface area contributed by atoms with Gasteiger partial charge in [0.2, 0.25) is 0 Å². The summed E-state index contributed by atoms with van der Waals surface area (Å²) in [6, 6.07) is 46.6. The minimum atomic E-state index is 0.661. The van der Waals surface area contributed by atoms with Gasteiger partial charge in [-0.25, -0.2) is 9.97 Å². The molecule has 6 aromatic rings. The van der Waals surface area contributed by atoms with E-state index in [-0.39, 0.29) is 0 Å². The normalized spacial score (nSPS) is 11.1. The third-order valence-electron chi connectivity index (χ3n) is 10.0. The van der Waals surface area contributed by atoms with E-state index in [1.165, 1.54) is 86.5 Å². The predicted molar refractivity (Wildman–Crippen MR) is 227 cm³/mol. The molecule has 4 nitrogen and oxygen atoms in total. The number of unbranched alkanes of at least 4 members (excludes halogenated alkanes) is 10. The highest BCUT2D eigenvalue weighted by Gasteiger charge is 2.15. The van der Waals surface area contributed by atoms with Crippen LogP contribution in [0.4, 0.5) is 0 Å². The Morgan fingerprint density at radius 1 is 0.352 bits per heavy atom. The van der Waals surface area contributed by atoms with Crippen molar-refractivity contribution in [3.05, 3.63) is 133 Å². The summed E-state index contributed by atoms with van der Waals surface area (Å²) in [4.78, 5) is 10.4. The van der Waals surface area contributed by atoms with Crippen molar-refractivity contribution in [2.45, 2.75) is 90.9 Å². The first-order valence-electron chi connectivity index (χ1n) is 20.3. The number of ether oxygens (including phenoxy) is 2. The van der Waals surface area contributed by atoms with E-state index < -0.39 is 0 Å². The van der Waals surface area contributed by atoms with E-state index in [9.17, 15) is 0 Å². The first-order valence-corrected chi connectivity index (χ1v) is 20.3. The molecule has 1 aromatic heterocycles. The molecule has 0 bridgehead atoms. The van der Waals surface area contributed by atoms with Crippen LogP contribution < -0.4 is 9.47 Å². The minimum Gasteiger partial charge on any atom is -0.490 e. The fourth-order valence-electron chi connectivity index (χ4n) is 6.81. The Bertz CT molecular complexity index is 1870. The van der Waals surface area contributed by atoms with E-state index >= 15 is 0 Å². The first-order chi connectivity index (χ1) is 26.7. The number of benzene rings is 5. The van der Waals surface area contributed by atoms with E-state index in [1.807, 2.05) is 18.2 Å². The molecule has 0 aliphatic rings. The van der Waals surface area contributed by atoms with Crippen molar-refractivity contribution in [2.24, 2.45) is 0 Å². The van der Waals surface area contributed by atoms with Gasteiger partial charge in [0.15, 0.2) is 17.3 Å². The summed E-state index contributed by atoms with van der Waals surface area (Å²) in [5.41, 5.74) is 9.47. The molecule has 0 fully saturated rings. The second-order valence-corrected chi connectivity index (χ2v) is 14.2. The van der Waals surface area contributed by atoms with Gasteiger partial charge in [-0.2, -0.15) is 0 Å². The number of rotatable bonds is 21. The zero-order valence-electron chi connectivity index (χ0n) is 32.3. The molecule has 0 N–H and O–H groups in total. The van der Waals surface area contributed by atoms with Crippen LogP contribution in [0.15, 0.2) is 133 Å². The van der Waals surface area contributed by atoms with Crippen molar-refractivity contribution in [3.8, 4) is 67.7 Å². The Morgan fingerprint density at radius 3 is 1.22 bits per heavy atom. The molecule has 0 saturated heterocycles. The standard InChI is InChI=1S/C50H56N2O2/c1-3-5-7-9-11-19-35-53-48-34-33-45(37-49(48)54-36-20-12-10-8-6-4-2)50-51-46(43-29-25-41(26-30-43)39-21-15-13-16-22-39)38-47(52-50)44-31-27-42(28-32-44)40-23-17-14-18-24-40/h13-18,21-34,37-38H,3-12,19-20,35-36H2,1-2H3. The number of hydrogen-bond acceptors (Lipinski definition) is 4. The fraction of sp³-hybridized carbons (Fsp3) is 0.320. The highest BCUT2D eigenvalue weighted by atomic mass is 16.5. The molecule has 1 heterocycles. The van der Waals surface area contributed by atoms with Crippen molar-refractivity contribution in [3.63, 3.8) is 0 Å². The summed E-state index contributed by atoms with van der Waals surface area (Å²) in [5.74, 6) is 2.22. The molecular formula is C50H56N2O2. The zero-order valence-corrected chi connectivity index (χ0v) is 32.3. The summed E-state index contributed by atoms with van der Waals surface area (Å²) in [5, 5.41) is 0. The van der Waals surface area contributed by atoms with E-state index in [0.717, 1.165) is 52.4 Å². The van der Waals surface area contributed by atoms with Crippen LogP contribution in [0.25, 0.3) is 56.2 Å². The third-order valence-corrected chi connectivity index (χ3v) is 10.0. The van der Waals surface area contributed by atoms with Gasteiger partial charge in [-0.3, -0.25) is 0 Å². The van der Waals surface area contributed by atoms with Crippen LogP contribution in [0.5, 0.6) is 11.5 Å². The molecule has 0 unspecified atom stereocenters. The molecule has 0 atom stereocenters. The Kier molecular flexibility index (Phi) is 14.9. The second-order valence-electron chi connectivity index (χ2n) is 14.2. The molecule has 0 saturated carbocycles. The summed E-state index contributed by atoms with van der Waals surface area (Å²) in [7, 11) is 0. The van der Waals surface area contributed by atoms with Crippen LogP contribution in [0.2, 0.25) is 0 Å². The van der Waals surface area contributed by atoms with Crippen LogP contribution >= 0.6 is 0 Å². The van der Waals surface area contributed by atoms with Gasteiger partial charge >= 0.3 is 0 Å². The molecule has 54 heavy (non-hydrogen) atoms. The molecule has 0 aliphatic heterocycles. The quantitative estimate of drug-likeness (QED) is 0.0696. The van der Waals surface area contributed by atoms with Crippen molar-refractivity contribution in [1.82, 2.24) is 9.97 Å². The molecule has 4 heteroatoms. The van der Waals surface area contributed by atoms with Gasteiger partial charge in [0.1, 0.15) is 0 Å². The largest absolute Gasteiger partial charge is 0.490 e. The predicted octanol–water partition coefficient (Wildman–Crippen LogP) is 14.3. The first kappa shape index (κ1) is 38.5. The van der Waals surface area contributed by atoms with E-state index in [4.69, 9.17) is 19.4 Å². The Labute approximate surface area is 323 Å². The van der Waals surface area contributed by atoms with Crippen molar-refractivity contribution < 1.29 is 9.47 Å². The summed E-state index contributed by atoms with van der Waals surface area (Å²) in [6.45, 7) is 5.87. The molecule has 0 spiro atoms. The third kappa shape index (κ3) is 11.1. The Balaban J connectivity index is 1.30. The lowest BCUT2D eigenvalue weighted by Crippen LogP contribution is -2.04. The second kappa shape index (κ2) is 20.9. The van der Waals surface area contributed by atoms with Gasteiger partial charge in [-0.05, 0) is 59.4 Å². The molecule has 0 aliphatic carbocycles. The smallest absolute Gasteiger partial charge is 0.161 e. The van der Waals surface area contributed by atoms with Crippen LogP contribution in [0.3, 0.4) is 0 Å². The fourth-order valence-corrected chi connectivity index (χ4v) is 6.81. The highest BCUT2D eigenvalue weighted by Crippen LogP contribution is 2.35. The van der Waals surface area contributed by atoms with Crippen molar-refractivity contribution in [2.75, 3.05) is 13.2 Å². The maximum atomic E-state index is 6.48. The van der Waals surface area contributed by atoms with Crippen molar-refractivity contribution >= 4 is 0 Å². The molecule has 5 aromatic carbocycles. The number of hydrogen-bond donors (Lipinski definition) is 0. The Morgan fingerprint density at radius 2 is 0.741 bits per heavy atom. The van der Waals surface area contributed by atoms with Gasteiger partial charge in [0.05, 0.1) is 24.6 Å². The van der Waals surface area contributed by atoms with E-state index in [2.05, 4.69) is 129 Å². The zero-order chi connectivity index (χ0) is 37.2. The Hall–Kier alpha value is -5.22. The lowest BCUT2D eigenvalue weighted by Gasteiger charge is -2.15. The maximum Gasteiger partial charge on any atom is 0.161 e. The number of aromatic nitrogens is 2. The van der Waals surface area contributed by atoms with Gasteiger partial charge in [-0.1, -0.05) is 187 Å². The van der Waals surface area contributed by atoms with Crippen LogP contribution in [0, 0.1) is 0 Å². The van der Waals surface area contributed by atoms with Gasteiger partial charge in [0.25, 0.3) is 0 Å². The average molecular weight is 717 g/mol. The summed E-state index contributed by atoms with van der Waals surface area (Å²) in [6.07, 6.45) is 14.7. The molecule has 0 radical (unpaired) electrons. The van der Waals surface area contributed by atoms with Gasteiger partial charge in [0, 0.05) is 16.7 Å². The van der Waals surface area contributed by atoms with Crippen LogP contribution in [0.1, 0.15) is 90.9 Å². The maximum absolute atomic E-state index is 6.48. The SMILES string of the molecule is CCCCCCCCOc1ccc(-c2nc(-c3ccc(-c4ccccc4)cc3)cc(-c3ccc(-c4ccccc4)cc3)n2)cc1OCCCCCCCC. The van der Waals surface area contributed by atoms with Crippen LogP contribution in [-0.2, 0) is 0 Å². The van der Waals surface area contributed by atoms with E-state index in [0.29, 0.717) is 19.0 Å². The van der Waals surface area contributed by atoms with Gasteiger partial charge < -0.3 is 9.47 Å². The molecule has 6 rings (SSSR count). The topological polar surface area (TPSA) is 44.2 Å². The van der Waals surface area contributed by atoms with E-state index in [1.54, 1.807) is 0 Å². The molecule has 278 valence electrons. The van der Waals surface area contributed by atoms with Gasteiger partial charge in [-0.15, -0.1) is 0 Å². The minimum absolute atomic E-state index is 0.661. The van der Waals surface area contributed by atoms with Crippen LogP contribution in [-0.4, -0.2) is 23.2 Å². The average Bonchev–Trinajstić information content (AvgIpc) is 3.24. The molecule has 0 amide bonds. The summed E-state index contributed by atoms with van der Waals surface area (Å²) < 4.78 is 12.8. The lowest BCUT2D eigenvalue weighted by atomic mass is 10.0. The number of nitrogens with zero attached hydrogens (tertiary/aromatic N) is 2.